The molecule has 1 aromatic heterocycles. The molecule has 2 N–H and O–H groups in total. The van der Waals surface area contributed by atoms with Gasteiger partial charge in [-0.1, -0.05) is 6.92 Å². The highest BCUT2D eigenvalue weighted by molar-refractivity contribution is 7.91. The molecule has 0 spiro atoms. The summed E-state index contributed by atoms with van der Waals surface area (Å²) in [7, 11) is -3.19. The molecule has 1 aromatic rings. The number of nitrogens with two attached hydrogens (primary N) is 1. The van der Waals surface area contributed by atoms with E-state index in [0.29, 0.717) is 25.3 Å². The minimum Gasteiger partial charge on any atom is -0.379 e. The molecule has 0 aliphatic carbocycles. The van der Waals surface area contributed by atoms with Crippen LogP contribution in [0.4, 0.5) is 0 Å². The van der Waals surface area contributed by atoms with E-state index in [0.717, 1.165) is 0 Å². The van der Waals surface area contributed by atoms with E-state index in [4.69, 9.17) is 10.5 Å². The van der Waals surface area contributed by atoms with Crippen molar-refractivity contribution in [2.45, 2.75) is 23.8 Å². The van der Waals surface area contributed by atoms with Crippen molar-refractivity contribution in [3.05, 3.63) is 24.0 Å². The summed E-state index contributed by atoms with van der Waals surface area (Å²) in [5, 5.41) is 0. The zero-order chi connectivity index (χ0) is 12.5. The quantitative estimate of drug-likeness (QED) is 0.849. The van der Waals surface area contributed by atoms with Crippen LogP contribution in [0, 0.1) is 0 Å². The fourth-order valence-corrected chi connectivity index (χ4v) is 2.63. The topological polar surface area (TPSA) is 82.3 Å². The molecule has 0 aromatic carbocycles. The third-order valence-electron chi connectivity index (χ3n) is 3.04. The third-order valence-corrected chi connectivity index (χ3v) is 4.76. The molecule has 5 nitrogen and oxygen atoms in total. The van der Waals surface area contributed by atoms with Gasteiger partial charge in [0.05, 0.1) is 28.5 Å². The SMILES string of the molecule is CCS(=O)(=O)c1ccc(C2(N)CCOC2)nc1. The Morgan fingerprint density at radius 3 is 2.76 bits per heavy atom. The number of ether oxygens (including phenoxy) is 1. The Morgan fingerprint density at radius 1 is 1.53 bits per heavy atom. The van der Waals surface area contributed by atoms with Gasteiger partial charge in [0.15, 0.2) is 9.84 Å². The maximum absolute atomic E-state index is 11.6. The Hall–Kier alpha value is -0.980. The van der Waals surface area contributed by atoms with Crippen molar-refractivity contribution in [3.63, 3.8) is 0 Å². The van der Waals surface area contributed by atoms with Gasteiger partial charge in [-0.05, 0) is 18.6 Å². The van der Waals surface area contributed by atoms with E-state index in [1.54, 1.807) is 19.1 Å². The highest BCUT2D eigenvalue weighted by Crippen LogP contribution is 2.26. The number of hydrogen-bond donors (Lipinski definition) is 1. The number of rotatable bonds is 3. The van der Waals surface area contributed by atoms with Crippen LogP contribution >= 0.6 is 0 Å². The molecule has 6 heteroatoms. The van der Waals surface area contributed by atoms with Crippen LogP contribution in [0.1, 0.15) is 19.0 Å². The van der Waals surface area contributed by atoms with Crippen molar-refractivity contribution in [1.29, 1.82) is 0 Å². The summed E-state index contributed by atoms with van der Waals surface area (Å²) < 4.78 is 28.5. The average Bonchev–Trinajstić information content (AvgIpc) is 2.78. The van der Waals surface area contributed by atoms with E-state index in [9.17, 15) is 8.42 Å². The molecule has 1 atom stereocenters. The summed E-state index contributed by atoms with van der Waals surface area (Å²) in [5.74, 6) is 0.0743. The Bertz CT molecular complexity index is 490. The van der Waals surface area contributed by atoms with Gasteiger partial charge < -0.3 is 10.5 Å². The first-order chi connectivity index (χ1) is 7.98. The van der Waals surface area contributed by atoms with Crippen LogP contribution in [0.25, 0.3) is 0 Å². The summed E-state index contributed by atoms with van der Waals surface area (Å²) in [6, 6.07) is 3.24. The van der Waals surface area contributed by atoms with Gasteiger partial charge in [0.1, 0.15) is 0 Å². The molecule has 1 aliphatic heterocycles. The third kappa shape index (κ3) is 2.34. The molecule has 2 heterocycles. The molecule has 2 rings (SSSR count). The van der Waals surface area contributed by atoms with Crippen LogP contribution in [0.5, 0.6) is 0 Å². The monoisotopic (exact) mass is 256 g/mol. The summed E-state index contributed by atoms with van der Waals surface area (Å²) >= 11 is 0. The van der Waals surface area contributed by atoms with Crippen LogP contribution in [0.15, 0.2) is 23.2 Å². The zero-order valence-corrected chi connectivity index (χ0v) is 10.5. The van der Waals surface area contributed by atoms with Crippen molar-refractivity contribution in [1.82, 2.24) is 4.98 Å². The normalized spacial score (nSPS) is 25.1. The van der Waals surface area contributed by atoms with Crippen LogP contribution in [0.2, 0.25) is 0 Å². The van der Waals surface area contributed by atoms with Crippen molar-refractivity contribution >= 4 is 9.84 Å². The van der Waals surface area contributed by atoms with Gasteiger partial charge in [0.25, 0.3) is 0 Å². The molecular weight excluding hydrogens is 240 g/mol. The van der Waals surface area contributed by atoms with E-state index in [2.05, 4.69) is 4.98 Å². The van der Waals surface area contributed by atoms with Gasteiger partial charge in [-0.25, -0.2) is 8.42 Å². The molecule has 1 unspecified atom stereocenters. The standard InChI is InChI=1S/C11H16N2O3S/c1-2-17(14,15)9-3-4-10(13-7-9)11(12)5-6-16-8-11/h3-4,7H,2,5-6,8,12H2,1H3. The van der Waals surface area contributed by atoms with Gasteiger partial charge in [-0.2, -0.15) is 0 Å². The minimum absolute atomic E-state index is 0.0743. The Labute approximate surface area is 101 Å². The molecule has 1 saturated heterocycles. The highest BCUT2D eigenvalue weighted by Gasteiger charge is 2.33. The smallest absolute Gasteiger partial charge is 0.179 e. The number of hydrogen-bond acceptors (Lipinski definition) is 5. The van der Waals surface area contributed by atoms with Gasteiger partial charge in [0, 0.05) is 12.8 Å². The van der Waals surface area contributed by atoms with Crippen LogP contribution < -0.4 is 5.73 Å². The molecule has 0 saturated carbocycles. The van der Waals surface area contributed by atoms with Crippen molar-refractivity contribution in [2.24, 2.45) is 5.73 Å². The lowest BCUT2D eigenvalue weighted by Gasteiger charge is -2.20. The summed E-state index contributed by atoms with van der Waals surface area (Å²) in [6.07, 6.45) is 2.08. The maximum atomic E-state index is 11.6. The van der Waals surface area contributed by atoms with Crippen LogP contribution in [-0.4, -0.2) is 32.4 Å². The first-order valence-corrected chi connectivity index (χ1v) is 7.19. The lowest BCUT2D eigenvalue weighted by Crippen LogP contribution is -2.37. The lowest BCUT2D eigenvalue weighted by atomic mass is 9.95. The minimum atomic E-state index is -3.19. The molecule has 94 valence electrons. The molecular formula is C11H16N2O3S. The van der Waals surface area contributed by atoms with Crippen LogP contribution in [-0.2, 0) is 20.1 Å². The molecule has 17 heavy (non-hydrogen) atoms. The van der Waals surface area contributed by atoms with E-state index >= 15 is 0 Å². The second kappa shape index (κ2) is 4.36. The predicted octanol–water partition coefficient (Wildman–Crippen LogP) is 0.449. The first kappa shape index (κ1) is 12.5. The lowest BCUT2D eigenvalue weighted by molar-refractivity contribution is 0.177. The second-order valence-corrected chi connectivity index (χ2v) is 6.52. The maximum Gasteiger partial charge on any atom is 0.179 e. The van der Waals surface area contributed by atoms with E-state index in [1.807, 2.05) is 0 Å². The van der Waals surface area contributed by atoms with Crippen LogP contribution in [0.3, 0.4) is 0 Å². The molecule has 0 amide bonds. The Balaban J connectivity index is 2.30. The fourth-order valence-electron chi connectivity index (χ4n) is 1.81. The fraction of sp³-hybridized carbons (Fsp3) is 0.545. The van der Waals surface area contributed by atoms with Gasteiger partial charge >= 0.3 is 0 Å². The largest absolute Gasteiger partial charge is 0.379 e. The zero-order valence-electron chi connectivity index (χ0n) is 9.72. The van der Waals surface area contributed by atoms with Gasteiger partial charge in [0.2, 0.25) is 0 Å². The first-order valence-electron chi connectivity index (χ1n) is 5.54. The number of aromatic nitrogens is 1. The summed E-state index contributed by atoms with van der Waals surface area (Å²) in [6.45, 7) is 2.66. The van der Waals surface area contributed by atoms with Gasteiger partial charge in [-0.3, -0.25) is 4.98 Å². The average molecular weight is 256 g/mol. The van der Waals surface area contributed by atoms with Gasteiger partial charge in [-0.15, -0.1) is 0 Å². The number of nitrogens with zero attached hydrogens (tertiary/aromatic N) is 1. The molecule has 1 aliphatic rings. The highest BCUT2D eigenvalue weighted by atomic mass is 32.2. The second-order valence-electron chi connectivity index (χ2n) is 4.24. The Kier molecular flexibility index (Phi) is 3.20. The number of pyridine rings is 1. The van der Waals surface area contributed by atoms with E-state index < -0.39 is 15.4 Å². The number of sulfone groups is 1. The van der Waals surface area contributed by atoms with Crippen molar-refractivity contribution in [2.75, 3.05) is 19.0 Å². The van der Waals surface area contributed by atoms with Crippen molar-refractivity contribution < 1.29 is 13.2 Å². The molecule has 0 bridgehead atoms. The summed E-state index contributed by atoms with van der Waals surface area (Å²) in [4.78, 5) is 4.40. The van der Waals surface area contributed by atoms with E-state index in [1.165, 1.54) is 6.20 Å². The Morgan fingerprint density at radius 2 is 2.29 bits per heavy atom. The molecule has 1 fully saturated rings. The molecule has 0 radical (unpaired) electrons. The van der Waals surface area contributed by atoms with E-state index in [-0.39, 0.29) is 10.6 Å². The van der Waals surface area contributed by atoms with Crippen molar-refractivity contribution in [3.8, 4) is 0 Å². The summed E-state index contributed by atoms with van der Waals surface area (Å²) in [5.41, 5.74) is 6.25. The predicted molar refractivity (Wildman–Crippen MR) is 63.3 cm³/mol.